The first-order valence-corrected chi connectivity index (χ1v) is 10.3. The summed E-state index contributed by atoms with van der Waals surface area (Å²) in [5, 5.41) is 2.79. The second kappa shape index (κ2) is 10.6. The number of hydrogen-bond acceptors (Lipinski definition) is 6. The fraction of sp³-hybridized carbons (Fsp3) is 0.875. The lowest BCUT2D eigenvalue weighted by Crippen LogP contribution is -2.25. The van der Waals surface area contributed by atoms with E-state index in [-0.39, 0.29) is 12.5 Å². The predicted molar refractivity (Wildman–Crippen MR) is 77.7 cm³/mol. The van der Waals surface area contributed by atoms with E-state index in [1.165, 1.54) is 7.11 Å². The van der Waals surface area contributed by atoms with Crippen LogP contribution in [0.3, 0.4) is 0 Å². The van der Waals surface area contributed by atoms with E-state index in [4.69, 9.17) is 4.52 Å². The van der Waals surface area contributed by atoms with Crippen LogP contribution in [0, 0.1) is 0 Å². The zero-order chi connectivity index (χ0) is 13.1. The fourth-order valence-corrected chi connectivity index (χ4v) is 2.66. The van der Waals surface area contributed by atoms with Crippen LogP contribution in [0.5, 0.6) is 0 Å². The first kappa shape index (κ1) is 17.7. The Morgan fingerprint density at radius 1 is 1.59 bits per heavy atom. The van der Waals surface area contributed by atoms with E-state index >= 15 is 0 Å². The lowest BCUT2D eigenvalue weighted by Gasteiger charge is -2.12. The maximum atomic E-state index is 11.3. The van der Waals surface area contributed by atoms with Gasteiger partial charge in [0.25, 0.3) is 0 Å². The smallest absolute Gasteiger partial charge is 0.324 e. The van der Waals surface area contributed by atoms with Crippen LogP contribution in [0.1, 0.15) is 12.8 Å². The summed E-state index contributed by atoms with van der Waals surface area (Å²) in [6.45, 7) is -2.17. The molecular weight excluding hydrogens is 301 g/mol. The normalized spacial score (nSPS) is 14.3. The van der Waals surface area contributed by atoms with Gasteiger partial charge in [-0.1, -0.05) is 21.6 Å². The predicted octanol–water partition coefficient (Wildman–Crippen LogP) is 1.77. The lowest BCUT2D eigenvalue weighted by atomic mass is 10.3. The monoisotopic (exact) mass is 319 g/mol. The van der Waals surface area contributed by atoms with Crippen molar-refractivity contribution in [3.05, 3.63) is 0 Å². The molecule has 0 saturated carbocycles. The number of hydrogen-bond donors (Lipinski definition) is 2. The number of carbonyl (C=O) groups excluding carboxylic acids is 1. The molecule has 1 atom stereocenters. The molecule has 0 aromatic rings. The van der Waals surface area contributed by atoms with Crippen molar-refractivity contribution < 1.29 is 18.7 Å². The minimum absolute atomic E-state index is 0.0149. The van der Waals surface area contributed by atoms with Crippen LogP contribution in [0.2, 0.25) is 0 Å². The molecule has 0 aromatic heterocycles. The largest absolute Gasteiger partial charge is 0.355 e. The van der Waals surface area contributed by atoms with E-state index < -0.39 is 6.72 Å². The minimum Gasteiger partial charge on any atom is -0.355 e. The van der Waals surface area contributed by atoms with Gasteiger partial charge >= 0.3 is 6.72 Å². The molecule has 102 valence electrons. The number of nitrogens with one attached hydrogen (secondary N) is 1. The Morgan fingerprint density at radius 2 is 2.29 bits per heavy atom. The van der Waals surface area contributed by atoms with Crippen LogP contribution in [0.15, 0.2) is 0 Å². The Kier molecular flexibility index (Phi) is 11.0. The average Bonchev–Trinajstić information content (AvgIpc) is 2.30. The molecule has 0 fully saturated rings. The summed E-state index contributed by atoms with van der Waals surface area (Å²) in [4.78, 5) is 20.6. The molecule has 0 aromatic carbocycles. The van der Waals surface area contributed by atoms with Gasteiger partial charge in [-0.3, -0.25) is 4.79 Å². The molecule has 0 radical (unpaired) electrons. The van der Waals surface area contributed by atoms with Gasteiger partial charge in [0.2, 0.25) is 5.91 Å². The van der Waals surface area contributed by atoms with E-state index in [2.05, 4.69) is 21.6 Å². The van der Waals surface area contributed by atoms with Crippen molar-refractivity contribution in [2.24, 2.45) is 0 Å². The first-order chi connectivity index (χ1) is 8.02. The molecule has 0 rings (SSSR count). The molecule has 0 spiro atoms. The van der Waals surface area contributed by atoms with Crippen LogP contribution in [-0.2, 0) is 25.6 Å². The molecule has 0 aliphatic carbocycles. The van der Waals surface area contributed by atoms with Crippen LogP contribution in [0.4, 0.5) is 0 Å². The number of carbonyl (C=O) groups is 1. The quantitative estimate of drug-likeness (QED) is 0.361. The summed E-state index contributed by atoms with van der Waals surface area (Å²) in [5.74, 6) is 0.879. The van der Waals surface area contributed by atoms with E-state index in [1.54, 1.807) is 21.6 Å². The Hall–Kier alpha value is 0.700. The third-order valence-electron chi connectivity index (χ3n) is 1.66. The number of rotatable bonds is 10. The third-order valence-corrected chi connectivity index (χ3v) is 5.21. The molecule has 0 aliphatic heterocycles. The van der Waals surface area contributed by atoms with Gasteiger partial charge in [0.15, 0.2) is 0 Å². The molecule has 0 saturated heterocycles. The van der Waals surface area contributed by atoms with Crippen molar-refractivity contribution in [1.82, 2.24) is 5.32 Å². The summed E-state index contributed by atoms with van der Waals surface area (Å²) in [5.41, 5.74) is 0. The van der Waals surface area contributed by atoms with Gasteiger partial charge in [0, 0.05) is 25.8 Å². The topological polar surface area (TPSA) is 67.8 Å². The highest BCUT2D eigenvalue weighted by atomic mass is 33.1. The highest BCUT2D eigenvalue weighted by Crippen LogP contribution is 2.42. The van der Waals surface area contributed by atoms with Crippen molar-refractivity contribution in [2.75, 3.05) is 32.3 Å². The van der Waals surface area contributed by atoms with Crippen molar-refractivity contribution in [2.45, 2.75) is 12.8 Å². The van der Waals surface area contributed by atoms with Gasteiger partial charge in [-0.2, -0.15) is 0 Å². The Balaban J connectivity index is 3.42. The van der Waals surface area contributed by atoms with Crippen LogP contribution < -0.4 is 5.32 Å². The van der Waals surface area contributed by atoms with Gasteiger partial charge in [0.1, 0.15) is 0 Å². The van der Waals surface area contributed by atoms with E-state index in [0.29, 0.717) is 19.4 Å². The van der Waals surface area contributed by atoms with Gasteiger partial charge in [-0.25, -0.2) is 0 Å². The van der Waals surface area contributed by atoms with Gasteiger partial charge in [0.05, 0.1) is 6.61 Å². The Bertz CT molecular complexity index is 267. The van der Waals surface area contributed by atoms with Gasteiger partial charge < -0.3 is 19.3 Å². The summed E-state index contributed by atoms with van der Waals surface area (Å²) in [6, 6.07) is 0. The molecule has 5 nitrogen and oxygen atoms in total. The molecule has 2 N–H and O–H groups in total. The highest BCUT2D eigenvalue weighted by Gasteiger charge is 2.11. The standard InChI is InChI=1S/C8H18NO4PS3/c1-12-14(11,15)13-6-3-4-8(10)9-5-7-17-16-2/h3-7H2,1-2H3,(H,9,10)(H,11,15). The molecular formula is C8H18NO4PS3. The van der Waals surface area contributed by atoms with Crippen molar-refractivity contribution >= 4 is 46.0 Å². The molecule has 0 bridgehead atoms. The zero-order valence-electron chi connectivity index (χ0n) is 9.88. The minimum atomic E-state index is -3.07. The second-order valence-electron chi connectivity index (χ2n) is 2.93. The van der Waals surface area contributed by atoms with Crippen molar-refractivity contribution in [1.29, 1.82) is 0 Å². The molecule has 0 heterocycles. The summed E-state index contributed by atoms with van der Waals surface area (Å²) in [7, 11) is 4.68. The molecule has 9 heteroatoms. The molecule has 1 amide bonds. The molecule has 1 unspecified atom stereocenters. The maximum absolute atomic E-state index is 11.3. The van der Waals surface area contributed by atoms with Crippen molar-refractivity contribution in [3.8, 4) is 0 Å². The summed E-state index contributed by atoms with van der Waals surface area (Å²) >= 11 is 4.64. The van der Waals surface area contributed by atoms with Gasteiger partial charge in [-0.05, 0) is 24.5 Å². The van der Waals surface area contributed by atoms with Crippen molar-refractivity contribution in [3.63, 3.8) is 0 Å². The maximum Gasteiger partial charge on any atom is 0.324 e. The Morgan fingerprint density at radius 3 is 2.88 bits per heavy atom. The zero-order valence-corrected chi connectivity index (χ0v) is 13.2. The fourth-order valence-electron chi connectivity index (χ4n) is 0.869. The Labute approximate surface area is 115 Å². The SMILES string of the molecule is COP(O)(=S)OCCCC(=O)NCCSSC. The second-order valence-corrected chi connectivity index (χ2v) is 8.56. The highest BCUT2D eigenvalue weighted by molar-refractivity contribution is 8.76. The van der Waals surface area contributed by atoms with E-state index in [9.17, 15) is 9.69 Å². The molecule has 0 aliphatic rings. The number of amides is 1. The molecule has 17 heavy (non-hydrogen) atoms. The third kappa shape index (κ3) is 11.5. The summed E-state index contributed by atoms with van der Waals surface area (Å²) < 4.78 is 9.53. The summed E-state index contributed by atoms with van der Waals surface area (Å²) in [6.07, 6.45) is 2.88. The van der Waals surface area contributed by atoms with Gasteiger partial charge in [-0.15, -0.1) is 0 Å². The van der Waals surface area contributed by atoms with E-state index in [1.807, 2.05) is 6.26 Å². The average molecular weight is 319 g/mol. The van der Waals surface area contributed by atoms with E-state index in [0.717, 1.165) is 5.75 Å². The van der Waals surface area contributed by atoms with Crippen LogP contribution in [0.25, 0.3) is 0 Å². The van der Waals surface area contributed by atoms with Crippen LogP contribution >= 0.6 is 28.3 Å². The lowest BCUT2D eigenvalue weighted by molar-refractivity contribution is -0.121. The van der Waals surface area contributed by atoms with Crippen LogP contribution in [-0.4, -0.2) is 43.1 Å². The first-order valence-electron chi connectivity index (χ1n) is 4.97.